The topological polar surface area (TPSA) is 24.9 Å². The lowest BCUT2D eigenvalue weighted by Gasteiger charge is -2.18. The Morgan fingerprint density at radius 1 is 1.29 bits per heavy atom. The normalized spacial score (nSPS) is 11.5. The number of nitrogens with one attached hydrogen (secondary N) is 1. The van der Waals surface area contributed by atoms with Crippen LogP contribution in [-0.4, -0.2) is 23.0 Å². The molecule has 0 amide bonds. The van der Waals surface area contributed by atoms with Crippen LogP contribution in [0, 0.1) is 0 Å². The summed E-state index contributed by atoms with van der Waals surface area (Å²) in [5.74, 6) is 3.42. The van der Waals surface area contributed by atoms with Crippen molar-refractivity contribution in [3.05, 3.63) is 23.9 Å². The fraction of sp³-hybridized carbons (Fsp3) is 0.643. The SMILES string of the molecule is CCSCCCNc1ccc(C(C)(C)C)cn1. The number of pyridine rings is 1. The Bertz CT molecular complexity index is 314. The quantitative estimate of drug-likeness (QED) is 0.776. The Kier molecular flexibility index (Phi) is 5.83. The van der Waals surface area contributed by atoms with Crippen LogP contribution in [0.3, 0.4) is 0 Å². The first-order valence-corrected chi connectivity index (χ1v) is 7.47. The molecule has 2 nitrogen and oxygen atoms in total. The molecular weight excluding hydrogens is 228 g/mol. The van der Waals surface area contributed by atoms with E-state index in [1.54, 1.807) is 0 Å². The lowest BCUT2D eigenvalue weighted by molar-refractivity contribution is 0.587. The first kappa shape index (κ1) is 14.4. The van der Waals surface area contributed by atoms with Crippen molar-refractivity contribution in [1.29, 1.82) is 0 Å². The van der Waals surface area contributed by atoms with Gasteiger partial charge in [0.15, 0.2) is 0 Å². The van der Waals surface area contributed by atoms with Gasteiger partial charge in [-0.05, 0) is 35.0 Å². The van der Waals surface area contributed by atoms with Crippen molar-refractivity contribution in [3.8, 4) is 0 Å². The number of rotatable bonds is 6. The third kappa shape index (κ3) is 5.44. The van der Waals surface area contributed by atoms with Crippen molar-refractivity contribution < 1.29 is 0 Å². The van der Waals surface area contributed by atoms with Crippen LogP contribution >= 0.6 is 11.8 Å². The average Bonchev–Trinajstić information content (AvgIpc) is 2.28. The van der Waals surface area contributed by atoms with Crippen LogP contribution in [0.25, 0.3) is 0 Å². The van der Waals surface area contributed by atoms with Crippen LogP contribution in [0.2, 0.25) is 0 Å². The predicted octanol–water partition coefficient (Wildman–Crippen LogP) is 3.93. The van der Waals surface area contributed by atoms with Crippen molar-refractivity contribution in [1.82, 2.24) is 4.98 Å². The van der Waals surface area contributed by atoms with Gasteiger partial charge in [0.25, 0.3) is 0 Å². The molecule has 1 heterocycles. The van der Waals surface area contributed by atoms with Gasteiger partial charge < -0.3 is 5.32 Å². The number of nitrogens with zero attached hydrogens (tertiary/aromatic N) is 1. The predicted molar refractivity (Wildman–Crippen MR) is 79.0 cm³/mol. The monoisotopic (exact) mass is 252 g/mol. The highest BCUT2D eigenvalue weighted by molar-refractivity contribution is 7.99. The summed E-state index contributed by atoms with van der Waals surface area (Å²) < 4.78 is 0. The van der Waals surface area contributed by atoms with E-state index in [0.717, 1.165) is 12.4 Å². The van der Waals surface area contributed by atoms with Gasteiger partial charge in [-0.25, -0.2) is 4.98 Å². The molecule has 0 saturated carbocycles. The molecule has 17 heavy (non-hydrogen) atoms. The van der Waals surface area contributed by atoms with E-state index in [1.165, 1.54) is 23.5 Å². The molecule has 0 fully saturated rings. The lowest BCUT2D eigenvalue weighted by Crippen LogP contribution is -2.12. The summed E-state index contributed by atoms with van der Waals surface area (Å²) in [6.07, 6.45) is 3.17. The minimum absolute atomic E-state index is 0.184. The van der Waals surface area contributed by atoms with Gasteiger partial charge in [0.05, 0.1) is 0 Å². The van der Waals surface area contributed by atoms with E-state index in [1.807, 2.05) is 18.0 Å². The molecule has 1 N–H and O–H groups in total. The van der Waals surface area contributed by atoms with Gasteiger partial charge in [-0.2, -0.15) is 11.8 Å². The fourth-order valence-corrected chi connectivity index (χ4v) is 2.11. The number of hydrogen-bond acceptors (Lipinski definition) is 3. The van der Waals surface area contributed by atoms with E-state index in [-0.39, 0.29) is 5.41 Å². The van der Waals surface area contributed by atoms with Gasteiger partial charge in [-0.3, -0.25) is 0 Å². The van der Waals surface area contributed by atoms with E-state index < -0.39 is 0 Å². The van der Waals surface area contributed by atoms with Crippen LogP contribution in [0.5, 0.6) is 0 Å². The summed E-state index contributed by atoms with van der Waals surface area (Å²) in [6.45, 7) is 9.83. The van der Waals surface area contributed by atoms with Crippen LogP contribution in [0.1, 0.15) is 39.7 Å². The molecular formula is C14H24N2S. The highest BCUT2D eigenvalue weighted by Crippen LogP contribution is 2.21. The number of thioether (sulfide) groups is 1. The maximum atomic E-state index is 4.45. The van der Waals surface area contributed by atoms with Gasteiger partial charge in [0.1, 0.15) is 5.82 Å². The second-order valence-corrected chi connectivity index (χ2v) is 6.55. The molecule has 1 aromatic heterocycles. The van der Waals surface area contributed by atoms with E-state index in [9.17, 15) is 0 Å². The van der Waals surface area contributed by atoms with Gasteiger partial charge in [0.2, 0.25) is 0 Å². The standard InChI is InChI=1S/C14H24N2S/c1-5-17-10-6-9-15-13-8-7-12(11-16-13)14(2,3)4/h7-8,11H,5-6,9-10H2,1-4H3,(H,15,16). The lowest BCUT2D eigenvalue weighted by atomic mass is 9.88. The molecule has 0 aliphatic heterocycles. The smallest absolute Gasteiger partial charge is 0.125 e. The Labute approximate surface area is 110 Å². The maximum Gasteiger partial charge on any atom is 0.125 e. The Morgan fingerprint density at radius 3 is 2.59 bits per heavy atom. The molecule has 0 radical (unpaired) electrons. The molecule has 0 aliphatic carbocycles. The summed E-state index contributed by atoms with van der Waals surface area (Å²) in [5, 5.41) is 3.36. The van der Waals surface area contributed by atoms with Gasteiger partial charge in [0, 0.05) is 12.7 Å². The zero-order chi connectivity index (χ0) is 12.7. The summed E-state index contributed by atoms with van der Waals surface area (Å²) in [7, 11) is 0. The molecule has 0 aliphatic rings. The molecule has 0 aromatic carbocycles. The molecule has 1 rings (SSSR count). The van der Waals surface area contributed by atoms with Crippen LogP contribution in [0.15, 0.2) is 18.3 Å². The van der Waals surface area contributed by atoms with Crippen molar-refractivity contribution >= 4 is 17.6 Å². The molecule has 0 unspecified atom stereocenters. The first-order chi connectivity index (χ1) is 8.04. The highest BCUT2D eigenvalue weighted by atomic mass is 32.2. The van der Waals surface area contributed by atoms with Crippen LogP contribution in [-0.2, 0) is 5.41 Å². The number of anilines is 1. The summed E-state index contributed by atoms with van der Waals surface area (Å²) in [6, 6.07) is 4.24. The summed E-state index contributed by atoms with van der Waals surface area (Å²) >= 11 is 1.99. The average molecular weight is 252 g/mol. The molecule has 1 aromatic rings. The minimum atomic E-state index is 0.184. The van der Waals surface area contributed by atoms with Crippen molar-refractivity contribution in [3.63, 3.8) is 0 Å². The molecule has 0 atom stereocenters. The van der Waals surface area contributed by atoms with E-state index in [0.29, 0.717) is 0 Å². The first-order valence-electron chi connectivity index (χ1n) is 6.32. The van der Waals surface area contributed by atoms with Gasteiger partial charge in [-0.15, -0.1) is 0 Å². The zero-order valence-electron chi connectivity index (χ0n) is 11.4. The van der Waals surface area contributed by atoms with Crippen LogP contribution < -0.4 is 5.32 Å². The van der Waals surface area contributed by atoms with Gasteiger partial charge in [-0.1, -0.05) is 33.8 Å². The van der Waals surface area contributed by atoms with Crippen molar-refractivity contribution in [2.75, 3.05) is 23.4 Å². The van der Waals surface area contributed by atoms with E-state index >= 15 is 0 Å². The fourth-order valence-electron chi connectivity index (χ4n) is 1.48. The van der Waals surface area contributed by atoms with E-state index in [4.69, 9.17) is 0 Å². The zero-order valence-corrected chi connectivity index (χ0v) is 12.2. The Hall–Kier alpha value is -0.700. The molecule has 0 saturated heterocycles. The largest absolute Gasteiger partial charge is 0.370 e. The Balaban J connectivity index is 2.36. The Morgan fingerprint density at radius 2 is 2.06 bits per heavy atom. The molecule has 0 spiro atoms. The third-order valence-corrected chi connectivity index (χ3v) is 3.59. The summed E-state index contributed by atoms with van der Waals surface area (Å²) in [4.78, 5) is 4.45. The molecule has 96 valence electrons. The second-order valence-electron chi connectivity index (χ2n) is 5.16. The maximum absolute atomic E-state index is 4.45. The van der Waals surface area contributed by atoms with Gasteiger partial charge >= 0.3 is 0 Å². The van der Waals surface area contributed by atoms with E-state index in [2.05, 4.69) is 50.1 Å². The highest BCUT2D eigenvalue weighted by Gasteiger charge is 2.13. The summed E-state index contributed by atoms with van der Waals surface area (Å²) in [5.41, 5.74) is 1.47. The van der Waals surface area contributed by atoms with Crippen molar-refractivity contribution in [2.45, 2.75) is 39.5 Å². The minimum Gasteiger partial charge on any atom is -0.370 e. The third-order valence-electron chi connectivity index (χ3n) is 2.61. The van der Waals surface area contributed by atoms with Crippen molar-refractivity contribution in [2.24, 2.45) is 0 Å². The van der Waals surface area contributed by atoms with Crippen LogP contribution in [0.4, 0.5) is 5.82 Å². The second kappa shape index (κ2) is 6.90. The number of aromatic nitrogens is 1. The number of hydrogen-bond donors (Lipinski definition) is 1. The molecule has 3 heteroatoms. The molecule has 0 bridgehead atoms.